The summed E-state index contributed by atoms with van der Waals surface area (Å²) in [6, 6.07) is 12.7. The minimum absolute atomic E-state index is 0.339. The van der Waals surface area contributed by atoms with E-state index < -0.39 is 5.97 Å². The molecule has 2 fully saturated rings. The fraction of sp³-hybridized carbons (Fsp3) is 0.375. The third-order valence-electron chi connectivity index (χ3n) is 6.23. The van der Waals surface area contributed by atoms with E-state index in [0.717, 1.165) is 29.4 Å². The van der Waals surface area contributed by atoms with Gasteiger partial charge in [-0.15, -0.1) is 0 Å². The van der Waals surface area contributed by atoms with E-state index in [1.54, 1.807) is 6.07 Å². The van der Waals surface area contributed by atoms with Crippen LogP contribution in [0.5, 0.6) is 0 Å². The molecule has 0 radical (unpaired) electrons. The first-order chi connectivity index (χ1) is 14.6. The summed E-state index contributed by atoms with van der Waals surface area (Å²) in [5.74, 6) is -0.968. The summed E-state index contributed by atoms with van der Waals surface area (Å²) in [6.07, 6.45) is 3.80. The third-order valence-corrected chi connectivity index (χ3v) is 6.23. The number of nitrogens with zero attached hydrogens (tertiary/aromatic N) is 1. The number of furan rings is 1. The van der Waals surface area contributed by atoms with Crippen molar-refractivity contribution in [3.05, 3.63) is 59.4 Å². The molecule has 1 aromatic heterocycles. The van der Waals surface area contributed by atoms with E-state index in [-0.39, 0.29) is 11.7 Å². The van der Waals surface area contributed by atoms with E-state index >= 15 is 0 Å². The quantitative estimate of drug-likeness (QED) is 0.606. The number of aliphatic carboxylic acids is 1. The van der Waals surface area contributed by atoms with Gasteiger partial charge in [0.25, 0.3) is 0 Å². The van der Waals surface area contributed by atoms with Crippen molar-refractivity contribution < 1.29 is 23.4 Å². The van der Waals surface area contributed by atoms with Gasteiger partial charge in [-0.3, -0.25) is 9.69 Å². The van der Waals surface area contributed by atoms with Crippen molar-refractivity contribution in [2.75, 3.05) is 13.1 Å². The molecule has 2 heterocycles. The van der Waals surface area contributed by atoms with E-state index in [0.29, 0.717) is 49.3 Å². The van der Waals surface area contributed by atoms with Crippen LogP contribution in [0.25, 0.3) is 22.3 Å². The second-order valence-corrected chi connectivity index (χ2v) is 8.31. The number of hydrogen-bond donors (Lipinski definition) is 1. The van der Waals surface area contributed by atoms with Gasteiger partial charge in [-0.05, 0) is 48.6 Å². The van der Waals surface area contributed by atoms with Crippen LogP contribution in [0.4, 0.5) is 4.39 Å². The number of carboxylic acid groups (broad SMARTS) is 1. The number of hydrogen-bond acceptors (Lipinski definition) is 4. The van der Waals surface area contributed by atoms with Crippen molar-refractivity contribution in [2.45, 2.75) is 38.5 Å². The molecule has 30 heavy (non-hydrogen) atoms. The van der Waals surface area contributed by atoms with Crippen LogP contribution in [0.2, 0.25) is 0 Å². The van der Waals surface area contributed by atoms with Crippen LogP contribution in [0.1, 0.15) is 30.4 Å². The molecule has 5 rings (SSSR count). The average molecular weight is 409 g/mol. The molecule has 1 aliphatic heterocycles. The molecule has 156 valence electrons. The summed E-state index contributed by atoms with van der Waals surface area (Å²) >= 11 is 0. The Morgan fingerprint density at radius 2 is 1.93 bits per heavy atom. The second kappa shape index (κ2) is 7.85. The molecule has 1 saturated carbocycles. The lowest BCUT2D eigenvalue weighted by molar-refractivity contribution is -0.147. The molecule has 1 aliphatic carbocycles. The first-order valence-corrected chi connectivity index (χ1v) is 10.4. The Hall–Kier alpha value is -2.70. The van der Waals surface area contributed by atoms with Gasteiger partial charge < -0.3 is 14.3 Å². The maximum atomic E-state index is 14.9. The molecule has 2 aromatic carbocycles. The van der Waals surface area contributed by atoms with Crippen LogP contribution in [0.15, 0.2) is 46.9 Å². The van der Waals surface area contributed by atoms with E-state index in [1.807, 2.05) is 35.2 Å². The van der Waals surface area contributed by atoms with Crippen LogP contribution in [-0.2, 0) is 22.7 Å². The zero-order valence-corrected chi connectivity index (χ0v) is 16.6. The molecule has 0 bridgehead atoms. The zero-order valence-electron chi connectivity index (χ0n) is 16.6. The molecule has 0 amide bonds. The Kier molecular flexibility index (Phi) is 5.05. The largest absolute Gasteiger partial charge is 0.481 e. The molecule has 3 aromatic rings. The van der Waals surface area contributed by atoms with E-state index in [4.69, 9.17) is 14.3 Å². The second-order valence-electron chi connectivity index (χ2n) is 8.31. The highest BCUT2D eigenvalue weighted by molar-refractivity contribution is 5.86. The van der Waals surface area contributed by atoms with Gasteiger partial charge in [0.1, 0.15) is 17.2 Å². The molecule has 6 heteroatoms. The lowest BCUT2D eigenvalue weighted by Gasteiger charge is -2.36. The number of carbonyl (C=O) groups is 1. The fourth-order valence-corrected chi connectivity index (χ4v) is 4.19. The van der Waals surface area contributed by atoms with Gasteiger partial charge >= 0.3 is 5.97 Å². The molecule has 1 saturated heterocycles. The van der Waals surface area contributed by atoms with Crippen LogP contribution < -0.4 is 0 Å². The number of likely N-dealkylation sites (tertiary alicyclic amines) is 1. The Labute approximate surface area is 174 Å². The number of rotatable bonds is 7. The molecular formula is C24H24FNO4. The maximum Gasteiger partial charge on any atom is 0.309 e. The summed E-state index contributed by atoms with van der Waals surface area (Å²) in [5, 5.41) is 10.0. The summed E-state index contributed by atoms with van der Waals surface area (Å²) in [7, 11) is 0. The highest BCUT2D eigenvalue weighted by Gasteiger charge is 2.33. The van der Waals surface area contributed by atoms with Crippen molar-refractivity contribution in [1.82, 2.24) is 4.90 Å². The lowest BCUT2D eigenvalue weighted by atomic mass is 9.96. The molecule has 0 unspecified atom stereocenters. The lowest BCUT2D eigenvalue weighted by Crippen LogP contribution is -2.49. The Bertz CT molecular complexity index is 1080. The molecular weight excluding hydrogens is 385 g/mol. The smallest absolute Gasteiger partial charge is 0.309 e. The van der Waals surface area contributed by atoms with Gasteiger partial charge in [-0.25, -0.2) is 4.39 Å². The SMILES string of the molecule is O=C(O)C1CN(Cc2cccc(F)c2-c2cc3c(COC4CCC4)cccc3o2)C1. The highest BCUT2D eigenvalue weighted by Crippen LogP contribution is 2.35. The van der Waals surface area contributed by atoms with Crippen molar-refractivity contribution in [2.24, 2.45) is 5.92 Å². The van der Waals surface area contributed by atoms with Crippen molar-refractivity contribution in [1.29, 1.82) is 0 Å². The van der Waals surface area contributed by atoms with Gasteiger partial charge in [0, 0.05) is 25.0 Å². The van der Waals surface area contributed by atoms with E-state index in [9.17, 15) is 9.18 Å². The van der Waals surface area contributed by atoms with Gasteiger partial charge in [-0.2, -0.15) is 0 Å². The minimum Gasteiger partial charge on any atom is -0.481 e. The van der Waals surface area contributed by atoms with Crippen LogP contribution in [0, 0.1) is 11.7 Å². The standard InChI is InChI=1S/C24H24FNO4/c25-20-8-1-4-15(11-26-12-17(13-26)24(27)28)23(20)22-10-19-16(5-2-9-21(19)30-22)14-29-18-6-3-7-18/h1-2,4-5,8-10,17-18H,3,6-7,11-14H2,(H,27,28). The third kappa shape index (κ3) is 3.61. The number of ether oxygens (including phenoxy) is 1. The molecule has 5 nitrogen and oxygen atoms in total. The number of carboxylic acids is 1. The van der Waals surface area contributed by atoms with Crippen LogP contribution >= 0.6 is 0 Å². The first-order valence-electron chi connectivity index (χ1n) is 10.4. The number of benzene rings is 2. The first kappa shape index (κ1) is 19.3. The zero-order chi connectivity index (χ0) is 20.7. The summed E-state index contributed by atoms with van der Waals surface area (Å²) in [4.78, 5) is 13.1. The minimum atomic E-state index is -0.778. The Morgan fingerprint density at radius 1 is 1.17 bits per heavy atom. The predicted molar refractivity (Wildman–Crippen MR) is 110 cm³/mol. The predicted octanol–water partition coefficient (Wildman–Crippen LogP) is 4.82. The van der Waals surface area contributed by atoms with Crippen LogP contribution in [-0.4, -0.2) is 35.2 Å². The maximum absolute atomic E-state index is 14.9. The monoisotopic (exact) mass is 409 g/mol. The fourth-order valence-electron chi connectivity index (χ4n) is 4.19. The molecule has 0 spiro atoms. The van der Waals surface area contributed by atoms with Crippen molar-refractivity contribution in [3.8, 4) is 11.3 Å². The van der Waals surface area contributed by atoms with E-state index in [1.165, 1.54) is 12.5 Å². The topological polar surface area (TPSA) is 62.9 Å². The average Bonchev–Trinajstić information content (AvgIpc) is 3.07. The van der Waals surface area contributed by atoms with Gasteiger partial charge in [0.05, 0.1) is 24.2 Å². The molecule has 1 N–H and O–H groups in total. The normalized spacial score (nSPS) is 17.8. The van der Waals surface area contributed by atoms with Crippen LogP contribution in [0.3, 0.4) is 0 Å². The van der Waals surface area contributed by atoms with Gasteiger partial charge in [-0.1, -0.05) is 24.3 Å². The molecule has 0 atom stereocenters. The van der Waals surface area contributed by atoms with Crippen molar-refractivity contribution >= 4 is 16.9 Å². The Morgan fingerprint density at radius 3 is 2.67 bits per heavy atom. The van der Waals surface area contributed by atoms with Gasteiger partial charge in [0.2, 0.25) is 0 Å². The number of halogens is 1. The van der Waals surface area contributed by atoms with Gasteiger partial charge in [0.15, 0.2) is 0 Å². The van der Waals surface area contributed by atoms with Crippen molar-refractivity contribution in [3.63, 3.8) is 0 Å². The Balaban J connectivity index is 1.43. The molecule has 2 aliphatic rings. The van der Waals surface area contributed by atoms with E-state index in [2.05, 4.69) is 0 Å². The summed E-state index contributed by atoms with van der Waals surface area (Å²) < 4.78 is 26.9. The summed E-state index contributed by atoms with van der Waals surface area (Å²) in [5.41, 5.74) is 2.99. The highest BCUT2D eigenvalue weighted by atomic mass is 19.1. The summed E-state index contributed by atoms with van der Waals surface area (Å²) in [6.45, 7) is 1.98. The number of fused-ring (bicyclic) bond motifs is 1.